The zero-order chi connectivity index (χ0) is 25.4. The third-order valence-corrected chi connectivity index (χ3v) is 5.56. The van der Waals surface area contributed by atoms with Crippen molar-refractivity contribution in [1.82, 2.24) is 0 Å². The zero-order valence-corrected chi connectivity index (χ0v) is 20.5. The van der Waals surface area contributed by atoms with Crippen LogP contribution in [0.25, 0.3) is 0 Å². The van der Waals surface area contributed by atoms with Crippen LogP contribution >= 0.6 is 0 Å². The first-order chi connectivity index (χ1) is 16.7. The Morgan fingerprint density at radius 1 is 0.629 bits per heavy atom. The van der Waals surface area contributed by atoms with E-state index in [9.17, 15) is 14.4 Å². The van der Waals surface area contributed by atoms with Gasteiger partial charge in [-0.1, -0.05) is 53.6 Å². The monoisotopic (exact) mass is 474 g/mol. The van der Waals surface area contributed by atoms with E-state index in [4.69, 9.17) is 14.2 Å². The first-order valence-electron chi connectivity index (χ1n) is 11.4. The Balaban J connectivity index is 1.70. The van der Waals surface area contributed by atoms with Crippen LogP contribution in [0.15, 0.2) is 72.8 Å². The highest BCUT2D eigenvalue weighted by atomic mass is 16.6. The maximum absolute atomic E-state index is 12.7. The first-order valence-corrected chi connectivity index (χ1v) is 11.4. The molecule has 0 heterocycles. The van der Waals surface area contributed by atoms with E-state index in [1.807, 2.05) is 51.1 Å². The Hall–Kier alpha value is -3.93. The van der Waals surface area contributed by atoms with Crippen molar-refractivity contribution >= 4 is 17.9 Å². The van der Waals surface area contributed by atoms with Crippen molar-refractivity contribution in [3.63, 3.8) is 0 Å². The van der Waals surface area contributed by atoms with E-state index in [0.717, 1.165) is 16.7 Å². The molecule has 0 aliphatic rings. The summed E-state index contributed by atoms with van der Waals surface area (Å²) in [5.41, 5.74) is 3.06. The predicted molar refractivity (Wildman–Crippen MR) is 132 cm³/mol. The molecular weight excluding hydrogens is 444 g/mol. The summed E-state index contributed by atoms with van der Waals surface area (Å²) in [5.74, 6) is -1.51. The average molecular weight is 475 g/mol. The molecule has 0 aliphatic carbocycles. The number of rotatable bonds is 9. The van der Waals surface area contributed by atoms with E-state index in [-0.39, 0.29) is 19.8 Å². The average Bonchev–Trinajstić information content (AvgIpc) is 2.85. The lowest BCUT2D eigenvalue weighted by molar-refractivity contribution is -0.0288. The Morgan fingerprint density at radius 3 is 1.80 bits per heavy atom. The molecule has 35 heavy (non-hydrogen) atoms. The van der Waals surface area contributed by atoms with Gasteiger partial charge in [0.1, 0.15) is 19.8 Å². The summed E-state index contributed by atoms with van der Waals surface area (Å²) in [7, 11) is 0. The van der Waals surface area contributed by atoms with Gasteiger partial charge >= 0.3 is 17.9 Å². The van der Waals surface area contributed by atoms with Crippen molar-refractivity contribution in [2.75, 3.05) is 19.8 Å². The molecule has 1 atom stereocenters. The minimum absolute atomic E-state index is 0.109. The van der Waals surface area contributed by atoms with Gasteiger partial charge in [-0.3, -0.25) is 0 Å². The van der Waals surface area contributed by atoms with Crippen molar-refractivity contribution in [2.45, 2.75) is 27.7 Å². The summed E-state index contributed by atoms with van der Waals surface area (Å²) in [5, 5.41) is 0. The highest BCUT2D eigenvalue weighted by Crippen LogP contribution is 2.22. The summed E-state index contributed by atoms with van der Waals surface area (Å²) in [6.45, 7) is 7.05. The number of benzene rings is 3. The van der Waals surface area contributed by atoms with Gasteiger partial charge in [-0.05, 0) is 63.6 Å². The van der Waals surface area contributed by atoms with Crippen LogP contribution in [0.1, 0.15) is 54.7 Å². The molecule has 0 aliphatic heterocycles. The summed E-state index contributed by atoms with van der Waals surface area (Å²) in [4.78, 5) is 37.8. The van der Waals surface area contributed by atoms with Crippen LogP contribution in [0.5, 0.6) is 0 Å². The van der Waals surface area contributed by atoms with E-state index >= 15 is 0 Å². The van der Waals surface area contributed by atoms with Gasteiger partial charge in [0.05, 0.1) is 22.1 Å². The Labute approximate surface area is 205 Å². The highest BCUT2D eigenvalue weighted by molar-refractivity contribution is 5.91. The van der Waals surface area contributed by atoms with Crippen LogP contribution in [0, 0.1) is 26.2 Å². The lowest BCUT2D eigenvalue weighted by atomic mass is 9.94. The van der Waals surface area contributed by atoms with Crippen molar-refractivity contribution in [3.05, 3.63) is 106 Å². The summed E-state index contributed by atoms with van der Waals surface area (Å²) < 4.78 is 16.6. The highest BCUT2D eigenvalue weighted by Gasteiger charge is 2.31. The molecule has 0 bridgehead atoms. The smallest absolute Gasteiger partial charge is 0.338 e. The molecule has 3 aromatic rings. The van der Waals surface area contributed by atoms with E-state index < -0.39 is 23.3 Å². The minimum atomic E-state index is -0.960. The largest absolute Gasteiger partial charge is 0.461 e. The van der Waals surface area contributed by atoms with Crippen LogP contribution in [0.3, 0.4) is 0 Å². The molecule has 0 aromatic heterocycles. The van der Waals surface area contributed by atoms with Crippen LogP contribution < -0.4 is 0 Å². The molecule has 0 amide bonds. The molecule has 6 nitrogen and oxygen atoms in total. The van der Waals surface area contributed by atoms with Gasteiger partial charge in [0.25, 0.3) is 0 Å². The van der Waals surface area contributed by atoms with Crippen molar-refractivity contribution in [3.8, 4) is 0 Å². The van der Waals surface area contributed by atoms with E-state index in [1.165, 1.54) is 0 Å². The van der Waals surface area contributed by atoms with Gasteiger partial charge in [-0.2, -0.15) is 0 Å². The second-order valence-corrected chi connectivity index (χ2v) is 9.09. The van der Waals surface area contributed by atoms with Gasteiger partial charge in [0.2, 0.25) is 0 Å². The molecule has 0 N–H and O–H groups in total. The maximum Gasteiger partial charge on any atom is 0.338 e. The second kappa shape index (κ2) is 11.5. The van der Waals surface area contributed by atoms with Crippen molar-refractivity contribution in [1.29, 1.82) is 0 Å². The van der Waals surface area contributed by atoms with Crippen LogP contribution in [-0.2, 0) is 14.2 Å². The Bertz CT molecular complexity index is 1200. The molecule has 1 unspecified atom stereocenters. The zero-order valence-electron chi connectivity index (χ0n) is 20.5. The molecule has 0 saturated heterocycles. The van der Waals surface area contributed by atoms with Gasteiger partial charge in [0.15, 0.2) is 0 Å². The van der Waals surface area contributed by atoms with Gasteiger partial charge < -0.3 is 14.2 Å². The lowest BCUT2D eigenvalue weighted by Gasteiger charge is -2.28. The third kappa shape index (κ3) is 7.27. The van der Waals surface area contributed by atoms with Gasteiger partial charge in [-0.15, -0.1) is 0 Å². The first kappa shape index (κ1) is 25.7. The molecule has 0 saturated carbocycles. The predicted octanol–water partition coefficient (Wildman–Crippen LogP) is 5.49. The van der Waals surface area contributed by atoms with Crippen molar-refractivity contribution in [2.24, 2.45) is 5.41 Å². The number of esters is 3. The van der Waals surface area contributed by atoms with E-state index in [2.05, 4.69) is 0 Å². The standard InChI is InChI=1S/C29H30O6/c1-20-12-14-23(15-13-20)26(30)33-17-29(4,18-34-27(31)24-10-7-8-21(2)16-24)19-35-28(32)25-11-6-5-9-22(25)3/h5-16H,17-19H2,1-4H3. The number of hydrogen-bond acceptors (Lipinski definition) is 6. The SMILES string of the molecule is Cc1ccc(C(=O)OCC(C)(COC(=O)c2cccc(C)c2)COC(=O)c2ccccc2C)cc1. The number of carbonyl (C=O) groups is 3. The summed E-state index contributed by atoms with van der Waals surface area (Å²) in [6, 6.07) is 21.2. The molecular formula is C29H30O6. The fourth-order valence-electron chi connectivity index (χ4n) is 3.35. The summed E-state index contributed by atoms with van der Waals surface area (Å²) in [6.07, 6.45) is 0. The van der Waals surface area contributed by atoms with Gasteiger partial charge in [-0.25, -0.2) is 14.4 Å². The molecule has 182 valence electrons. The third-order valence-electron chi connectivity index (χ3n) is 5.56. The lowest BCUT2D eigenvalue weighted by Crippen LogP contribution is -2.37. The quantitative estimate of drug-likeness (QED) is 0.301. The topological polar surface area (TPSA) is 78.9 Å². The molecule has 3 rings (SSSR count). The summed E-state index contributed by atoms with van der Waals surface area (Å²) >= 11 is 0. The normalized spacial score (nSPS) is 12.3. The fraction of sp³-hybridized carbons (Fsp3) is 0.276. The van der Waals surface area contributed by atoms with Crippen LogP contribution in [-0.4, -0.2) is 37.7 Å². The minimum Gasteiger partial charge on any atom is -0.461 e. The molecule has 0 spiro atoms. The Morgan fingerprint density at radius 2 is 1.20 bits per heavy atom. The van der Waals surface area contributed by atoms with Crippen LogP contribution in [0.2, 0.25) is 0 Å². The molecule has 0 fully saturated rings. The number of ether oxygens (including phenoxy) is 3. The van der Waals surface area contributed by atoms with Gasteiger partial charge in [0, 0.05) is 0 Å². The Kier molecular flexibility index (Phi) is 8.42. The second-order valence-electron chi connectivity index (χ2n) is 9.09. The number of hydrogen-bond donors (Lipinski definition) is 0. The van der Waals surface area contributed by atoms with E-state index in [1.54, 1.807) is 49.4 Å². The van der Waals surface area contributed by atoms with Crippen LogP contribution in [0.4, 0.5) is 0 Å². The number of carbonyl (C=O) groups excluding carboxylic acids is 3. The molecule has 3 aromatic carbocycles. The van der Waals surface area contributed by atoms with E-state index in [0.29, 0.717) is 16.7 Å². The maximum atomic E-state index is 12.7. The fourth-order valence-corrected chi connectivity index (χ4v) is 3.35. The number of aryl methyl sites for hydroxylation is 3. The molecule has 6 heteroatoms. The molecule has 0 radical (unpaired) electrons. The van der Waals surface area contributed by atoms with Crippen molar-refractivity contribution < 1.29 is 28.6 Å².